The van der Waals surface area contributed by atoms with Gasteiger partial charge >= 0.3 is 0 Å². The zero-order chi connectivity index (χ0) is 12.6. The third-order valence-electron chi connectivity index (χ3n) is 2.26. The highest BCUT2D eigenvalue weighted by molar-refractivity contribution is 7.91. The fraction of sp³-hybridized carbons (Fsp3) is 0.667. The number of aryl methyl sites for hydroxylation is 1. The lowest BCUT2D eigenvalue weighted by Crippen LogP contribution is -2.48. The van der Waals surface area contributed by atoms with E-state index in [1.165, 1.54) is 6.20 Å². The highest BCUT2D eigenvalue weighted by Crippen LogP contribution is 2.22. The molecule has 0 aliphatic rings. The Balaban J connectivity index is 2.97. The third-order valence-corrected chi connectivity index (χ3v) is 5.85. The van der Waals surface area contributed by atoms with Crippen molar-refractivity contribution in [2.24, 2.45) is 0 Å². The van der Waals surface area contributed by atoms with Crippen molar-refractivity contribution in [3.63, 3.8) is 0 Å². The van der Waals surface area contributed by atoms with Crippen LogP contribution in [0.3, 0.4) is 0 Å². The van der Waals surface area contributed by atoms with Gasteiger partial charge in [-0.05, 0) is 27.7 Å². The van der Waals surface area contributed by atoms with Crippen molar-refractivity contribution in [1.29, 1.82) is 0 Å². The van der Waals surface area contributed by atoms with E-state index in [-0.39, 0.29) is 9.59 Å². The van der Waals surface area contributed by atoms with Crippen LogP contribution in [0.5, 0.6) is 0 Å². The van der Waals surface area contributed by atoms with E-state index >= 15 is 0 Å². The molecule has 1 rings (SSSR count). The van der Waals surface area contributed by atoms with E-state index in [1.807, 2.05) is 0 Å². The smallest absolute Gasteiger partial charge is 0.249 e. The summed E-state index contributed by atoms with van der Waals surface area (Å²) in [5.74, 6) is 0. The molecule has 0 saturated heterocycles. The van der Waals surface area contributed by atoms with Crippen molar-refractivity contribution in [2.45, 2.75) is 42.8 Å². The molecule has 1 N–H and O–H groups in total. The monoisotopic (exact) mass is 282 g/mol. The lowest BCUT2D eigenvalue weighted by molar-refractivity contribution is 0.446. The Bertz CT molecular complexity index is 466. The molecule has 0 aliphatic carbocycles. The minimum absolute atomic E-state index is 0.218. The minimum atomic E-state index is -3.52. The maximum Gasteiger partial charge on any atom is 0.252 e. The Morgan fingerprint density at radius 1 is 1.56 bits per heavy atom. The Hall–Kier alpha value is -0.170. The molecule has 0 spiro atoms. The van der Waals surface area contributed by atoms with Gasteiger partial charge in [0, 0.05) is 10.9 Å². The number of nitrogens with one attached hydrogen (secondary N) is 1. The molecule has 92 valence electrons. The van der Waals surface area contributed by atoms with Crippen molar-refractivity contribution in [1.82, 2.24) is 9.71 Å². The number of nitrogens with zero attached hydrogens (tertiary/aromatic N) is 1. The van der Waals surface area contributed by atoms with Gasteiger partial charge in [0.25, 0.3) is 10.0 Å². The minimum Gasteiger partial charge on any atom is -0.249 e. The van der Waals surface area contributed by atoms with Gasteiger partial charge in [0.15, 0.2) is 4.21 Å². The summed E-state index contributed by atoms with van der Waals surface area (Å²) in [6.07, 6.45) is 1.36. The molecule has 1 atom stereocenters. The summed E-state index contributed by atoms with van der Waals surface area (Å²) >= 11 is 7.07. The predicted octanol–water partition coefficient (Wildman–Crippen LogP) is 2.14. The largest absolute Gasteiger partial charge is 0.252 e. The van der Waals surface area contributed by atoms with Crippen LogP contribution < -0.4 is 4.72 Å². The topological polar surface area (TPSA) is 59.1 Å². The number of alkyl halides is 1. The highest BCUT2D eigenvalue weighted by Gasteiger charge is 2.31. The summed E-state index contributed by atoms with van der Waals surface area (Å²) in [6, 6.07) is 0. The van der Waals surface area contributed by atoms with Crippen molar-refractivity contribution in [3.8, 4) is 0 Å². The molecule has 0 bridgehead atoms. The molecule has 0 saturated carbocycles. The van der Waals surface area contributed by atoms with Crippen LogP contribution in [0.15, 0.2) is 10.4 Å². The number of halogens is 1. The quantitative estimate of drug-likeness (QED) is 0.861. The lowest BCUT2D eigenvalue weighted by atomic mass is 10.0. The molecule has 1 heterocycles. The number of thiazole rings is 1. The SMILES string of the molecule is Cc1ncc(S(=O)(=O)NC(C)(C)C(C)Cl)s1. The van der Waals surface area contributed by atoms with Gasteiger partial charge in [0.1, 0.15) is 0 Å². The maximum absolute atomic E-state index is 12.0. The molecular weight excluding hydrogens is 268 g/mol. The second-order valence-electron chi connectivity index (χ2n) is 4.14. The summed E-state index contributed by atoms with van der Waals surface area (Å²) < 4.78 is 26.7. The fourth-order valence-corrected chi connectivity index (χ4v) is 3.65. The molecular formula is C9H15ClN2O2S2. The van der Waals surface area contributed by atoms with Crippen LogP contribution in [-0.4, -0.2) is 24.3 Å². The van der Waals surface area contributed by atoms with Crippen molar-refractivity contribution in [2.75, 3.05) is 0 Å². The van der Waals surface area contributed by atoms with Gasteiger partial charge in [-0.25, -0.2) is 18.1 Å². The Morgan fingerprint density at radius 3 is 2.50 bits per heavy atom. The molecule has 16 heavy (non-hydrogen) atoms. The van der Waals surface area contributed by atoms with Crippen LogP contribution in [0.25, 0.3) is 0 Å². The zero-order valence-corrected chi connectivity index (χ0v) is 12.0. The molecule has 1 aromatic heterocycles. The molecule has 0 aliphatic heterocycles. The van der Waals surface area contributed by atoms with Crippen molar-refractivity contribution >= 4 is 33.0 Å². The van der Waals surface area contributed by atoms with Crippen molar-refractivity contribution < 1.29 is 8.42 Å². The van der Waals surface area contributed by atoms with Gasteiger partial charge in [0.05, 0.1) is 11.2 Å². The number of aromatic nitrogens is 1. The Morgan fingerprint density at radius 2 is 2.12 bits per heavy atom. The summed E-state index contributed by atoms with van der Waals surface area (Å²) in [4.78, 5) is 3.92. The van der Waals surface area contributed by atoms with Crippen LogP contribution >= 0.6 is 22.9 Å². The number of hydrogen-bond donors (Lipinski definition) is 1. The summed E-state index contributed by atoms with van der Waals surface area (Å²) in [6.45, 7) is 7.01. The summed E-state index contributed by atoms with van der Waals surface area (Å²) in [5.41, 5.74) is -0.696. The molecule has 1 aromatic rings. The summed E-state index contributed by atoms with van der Waals surface area (Å²) in [7, 11) is -3.52. The Labute approximate surface area is 105 Å². The average molecular weight is 283 g/mol. The molecule has 4 nitrogen and oxygen atoms in total. The first-order valence-corrected chi connectivity index (χ1v) is 7.49. The van der Waals surface area contributed by atoms with Gasteiger partial charge in [-0.3, -0.25) is 0 Å². The zero-order valence-electron chi connectivity index (χ0n) is 9.61. The predicted molar refractivity (Wildman–Crippen MR) is 66.6 cm³/mol. The van der Waals surface area contributed by atoms with E-state index in [0.717, 1.165) is 16.3 Å². The van der Waals surface area contributed by atoms with E-state index in [9.17, 15) is 8.42 Å². The van der Waals surface area contributed by atoms with E-state index in [2.05, 4.69) is 9.71 Å². The number of sulfonamides is 1. The first-order chi connectivity index (χ1) is 7.15. The lowest BCUT2D eigenvalue weighted by Gasteiger charge is -2.27. The molecule has 1 unspecified atom stereocenters. The fourth-order valence-electron chi connectivity index (χ4n) is 0.944. The van der Waals surface area contributed by atoms with E-state index in [4.69, 9.17) is 11.6 Å². The van der Waals surface area contributed by atoms with Gasteiger partial charge in [-0.1, -0.05) is 0 Å². The van der Waals surface area contributed by atoms with Crippen LogP contribution in [0, 0.1) is 6.92 Å². The molecule has 0 radical (unpaired) electrons. The highest BCUT2D eigenvalue weighted by atomic mass is 35.5. The normalized spacial score (nSPS) is 15.1. The van der Waals surface area contributed by atoms with E-state index in [1.54, 1.807) is 27.7 Å². The van der Waals surface area contributed by atoms with Gasteiger partial charge < -0.3 is 0 Å². The maximum atomic E-state index is 12.0. The molecule has 0 amide bonds. The van der Waals surface area contributed by atoms with Crippen LogP contribution in [-0.2, 0) is 10.0 Å². The standard InChI is InChI=1S/C9H15ClN2O2S2/c1-6(10)9(3,4)12-16(13,14)8-5-11-7(2)15-8/h5-6,12H,1-4H3. The third kappa shape index (κ3) is 3.16. The van der Waals surface area contributed by atoms with Gasteiger partial charge in [-0.2, -0.15) is 0 Å². The van der Waals surface area contributed by atoms with Crippen LogP contribution in [0.4, 0.5) is 0 Å². The van der Waals surface area contributed by atoms with Crippen molar-refractivity contribution in [3.05, 3.63) is 11.2 Å². The molecule has 0 fully saturated rings. The van der Waals surface area contributed by atoms with Gasteiger partial charge in [-0.15, -0.1) is 22.9 Å². The number of rotatable bonds is 4. The van der Waals surface area contributed by atoms with E-state index < -0.39 is 15.6 Å². The second kappa shape index (κ2) is 4.60. The first kappa shape index (κ1) is 13.9. The summed E-state index contributed by atoms with van der Waals surface area (Å²) in [5, 5.41) is 0.411. The average Bonchev–Trinajstić information content (AvgIpc) is 2.50. The van der Waals surface area contributed by atoms with Crippen LogP contribution in [0.2, 0.25) is 0 Å². The first-order valence-electron chi connectivity index (χ1n) is 4.75. The second-order valence-corrected chi connectivity index (χ2v) is 7.94. The molecule has 0 aromatic carbocycles. The van der Waals surface area contributed by atoms with Crippen LogP contribution in [0.1, 0.15) is 25.8 Å². The Kier molecular flexibility index (Phi) is 3.99. The van der Waals surface area contributed by atoms with Gasteiger partial charge in [0.2, 0.25) is 0 Å². The van der Waals surface area contributed by atoms with E-state index in [0.29, 0.717) is 0 Å². The number of hydrogen-bond acceptors (Lipinski definition) is 4. The molecule has 7 heteroatoms.